The zero-order chi connectivity index (χ0) is 13.0. The lowest BCUT2D eigenvalue weighted by Crippen LogP contribution is -1.96. The maximum absolute atomic E-state index is 5.99. The van der Waals surface area contributed by atoms with Crippen LogP contribution in [-0.2, 0) is 11.2 Å². The lowest BCUT2D eigenvalue weighted by atomic mass is 10.3. The zero-order valence-corrected chi connectivity index (χ0v) is 11.8. The first kappa shape index (κ1) is 13.5. The van der Waals surface area contributed by atoms with E-state index in [0.29, 0.717) is 39.8 Å². The molecule has 0 saturated carbocycles. The highest BCUT2D eigenvalue weighted by molar-refractivity contribution is 7.07. The second kappa shape index (κ2) is 6.33. The molecule has 0 fully saturated rings. The van der Waals surface area contributed by atoms with Gasteiger partial charge in [0.15, 0.2) is 0 Å². The largest absolute Gasteiger partial charge is 0.428 e. The highest BCUT2D eigenvalue weighted by atomic mass is 35.5. The summed E-state index contributed by atoms with van der Waals surface area (Å²) in [5.74, 6) is 1.16. The minimum atomic E-state index is 0.435. The Balaban J connectivity index is 2.08. The van der Waals surface area contributed by atoms with Crippen LogP contribution < -0.4 is 4.74 Å². The highest BCUT2D eigenvalue weighted by Gasteiger charge is 2.09. The van der Waals surface area contributed by atoms with Gasteiger partial charge in [-0.25, -0.2) is 0 Å². The quantitative estimate of drug-likeness (QED) is 0.842. The monoisotopic (exact) mass is 304 g/mol. The van der Waals surface area contributed by atoms with Crippen molar-refractivity contribution in [1.29, 1.82) is 0 Å². The highest BCUT2D eigenvalue weighted by Crippen LogP contribution is 2.32. The summed E-state index contributed by atoms with van der Waals surface area (Å²) in [5, 5.41) is 1.47. The van der Waals surface area contributed by atoms with Crippen LogP contribution in [0, 0.1) is 0 Å². The van der Waals surface area contributed by atoms with Gasteiger partial charge in [0, 0.05) is 36.2 Å². The van der Waals surface area contributed by atoms with E-state index >= 15 is 0 Å². The molecule has 0 bridgehead atoms. The molecule has 0 aliphatic carbocycles. The van der Waals surface area contributed by atoms with Crippen LogP contribution in [0.3, 0.4) is 0 Å². The van der Waals surface area contributed by atoms with Crippen LogP contribution >= 0.6 is 34.7 Å². The number of halogens is 2. The number of aromatic nitrogens is 2. The maximum Gasteiger partial charge on any atom is 0.298 e. The Labute approximate surface area is 119 Å². The summed E-state index contributed by atoms with van der Waals surface area (Å²) in [4.78, 5) is 4.22. The predicted octanol–water partition coefficient (Wildman–Crippen LogP) is 3.83. The van der Waals surface area contributed by atoms with Crippen molar-refractivity contribution in [2.75, 3.05) is 13.7 Å². The molecule has 0 atom stereocenters. The van der Waals surface area contributed by atoms with Gasteiger partial charge in [-0.15, -0.1) is 0 Å². The first-order valence-electron chi connectivity index (χ1n) is 5.13. The Morgan fingerprint density at radius 3 is 2.94 bits per heavy atom. The Morgan fingerprint density at radius 1 is 1.33 bits per heavy atom. The van der Waals surface area contributed by atoms with Crippen LogP contribution in [0.1, 0.15) is 5.82 Å². The molecule has 1 aromatic heterocycles. The number of hydrogen-bond donors (Lipinski definition) is 0. The number of nitrogens with zero attached hydrogens (tertiary/aromatic N) is 2. The topological polar surface area (TPSA) is 44.2 Å². The third-order valence-corrected chi connectivity index (χ3v) is 3.25. The summed E-state index contributed by atoms with van der Waals surface area (Å²) in [5.41, 5.74) is 0. The van der Waals surface area contributed by atoms with Crippen molar-refractivity contribution >= 4 is 34.7 Å². The lowest BCUT2D eigenvalue weighted by Gasteiger charge is -2.03. The predicted molar refractivity (Wildman–Crippen MR) is 72.0 cm³/mol. The van der Waals surface area contributed by atoms with Crippen molar-refractivity contribution in [2.45, 2.75) is 6.42 Å². The van der Waals surface area contributed by atoms with E-state index in [4.69, 9.17) is 32.7 Å². The van der Waals surface area contributed by atoms with Crippen molar-refractivity contribution in [2.24, 2.45) is 0 Å². The minimum Gasteiger partial charge on any atom is -0.428 e. The van der Waals surface area contributed by atoms with Crippen molar-refractivity contribution < 1.29 is 9.47 Å². The van der Waals surface area contributed by atoms with Gasteiger partial charge in [-0.1, -0.05) is 23.2 Å². The number of rotatable bonds is 5. The normalized spacial score (nSPS) is 10.6. The molecule has 0 amide bonds. The second-order valence-electron chi connectivity index (χ2n) is 3.40. The fourth-order valence-corrected chi connectivity index (χ4v) is 2.13. The molecule has 0 spiro atoms. The molecule has 1 heterocycles. The van der Waals surface area contributed by atoms with E-state index in [9.17, 15) is 0 Å². The van der Waals surface area contributed by atoms with E-state index in [1.165, 1.54) is 11.5 Å². The molecule has 2 rings (SSSR count). The first-order valence-corrected chi connectivity index (χ1v) is 6.66. The molecule has 2 aromatic rings. The van der Waals surface area contributed by atoms with E-state index in [1.807, 2.05) is 0 Å². The Morgan fingerprint density at radius 2 is 2.17 bits per heavy atom. The Kier molecular flexibility index (Phi) is 4.77. The summed E-state index contributed by atoms with van der Waals surface area (Å²) in [6.07, 6.45) is 0.652. The van der Waals surface area contributed by atoms with Crippen LogP contribution in [0.15, 0.2) is 18.2 Å². The molecular formula is C11H10Cl2N2O2S. The van der Waals surface area contributed by atoms with E-state index < -0.39 is 0 Å². The van der Waals surface area contributed by atoms with Gasteiger partial charge in [-0.05, 0) is 12.1 Å². The summed E-state index contributed by atoms with van der Waals surface area (Å²) in [6.45, 7) is 0.577. The van der Waals surface area contributed by atoms with E-state index in [2.05, 4.69) is 9.36 Å². The van der Waals surface area contributed by atoms with E-state index in [0.717, 1.165) is 0 Å². The van der Waals surface area contributed by atoms with Gasteiger partial charge in [0.1, 0.15) is 11.6 Å². The molecule has 0 radical (unpaired) electrons. The third-order valence-electron chi connectivity index (χ3n) is 2.07. The van der Waals surface area contributed by atoms with Crippen LogP contribution in [0.5, 0.6) is 10.9 Å². The van der Waals surface area contributed by atoms with Crippen molar-refractivity contribution in [3.63, 3.8) is 0 Å². The van der Waals surface area contributed by atoms with Crippen LogP contribution in [0.25, 0.3) is 0 Å². The number of methoxy groups -OCH3 is 1. The van der Waals surface area contributed by atoms with Crippen LogP contribution in [0.2, 0.25) is 10.0 Å². The van der Waals surface area contributed by atoms with Gasteiger partial charge in [-0.2, -0.15) is 9.36 Å². The molecule has 7 heteroatoms. The van der Waals surface area contributed by atoms with Crippen LogP contribution in [-0.4, -0.2) is 23.1 Å². The molecule has 0 N–H and O–H groups in total. The minimum absolute atomic E-state index is 0.435. The molecule has 1 aromatic carbocycles. The molecule has 0 aliphatic rings. The number of benzene rings is 1. The number of ether oxygens (including phenoxy) is 2. The summed E-state index contributed by atoms with van der Waals surface area (Å²) < 4.78 is 14.6. The van der Waals surface area contributed by atoms with Gasteiger partial charge in [0.05, 0.1) is 11.6 Å². The second-order valence-corrected chi connectivity index (χ2v) is 4.95. The average molecular weight is 305 g/mol. The van der Waals surface area contributed by atoms with E-state index in [-0.39, 0.29) is 0 Å². The van der Waals surface area contributed by atoms with Crippen molar-refractivity contribution in [3.8, 4) is 10.9 Å². The summed E-state index contributed by atoms with van der Waals surface area (Å²) in [6, 6.07) is 5.01. The maximum atomic E-state index is 5.99. The molecule has 0 unspecified atom stereocenters. The zero-order valence-electron chi connectivity index (χ0n) is 9.52. The fraction of sp³-hybridized carbons (Fsp3) is 0.273. The van der Waals surface area contributed by atoms with Gasteiger partial charge >= 0.3 is 0 Å². The molecular weight excluding hydrogens is 295 g/mol. The first-order chi connectivity index (χ1) is 8.69. The third kappa shape index (κ3) is 3.55. The standard InChI is InChI=1S/C11H10Cl2N2O2S/c1-16-5-4-10-14-11(18-15-10)17-9-6-7(12)2-3-8(9)13/h2-3,6H,4-5H2,1H3. The average Bonchev–Trinajstić information content (AvgIpc) is 2.79. The molecule has 0 saturated heterocycles. The van der Waals surface area contributed by atoms with Crippen molar-refractivity contribution in [1.82, 2.24) is 9.36 Å². The Hall–Kier alpha value is -0.880. The fourth-order valence-electron chi connectivity index (χ4n) is 1.22. The van der Waals surface area contributed by atoms with Gasteiger partial charge in [0.2, 0.25) is 0 Å². The molecule has 4 nitrogen and oxygen atoms in total. The van der Waals surface area contributed by atoms with E-state index in [1.54, 1.807) is 25.3 Å². The van der Waals surface area contributed by atoms with Gasteiger partial charge < -0.3 is 9.47 Å². The molecule has 18 heavy (non-hydrogen) atoms. The SMILES string of the molecule is COCCc1nsc(Oc2cc(Cl)ccc2Cl)n1. The summed E-state index contributed by atoms with van der Waals surface area (Å²) in [7, 11) is 1.63. The molecule has 0 aliphatic heterocycles. The summed E-state index contributed by atoms with van der Waals surface area (Å²) >= 11 is 13.0. The number of hydrogen-bond acceptors (Lipinski definition) is 5. The molecule has 96 valence electrons. The lowest BCUT2D eigenvalue weighted by molar-refractivity contribution is 0.200. The van der Waals surface area contributed by atoms with Crippen LogP contribution in [0.4, 0.5) is 0 Å². The van der Waals surface area contributed by atoms with Gasteiger partial charge in [0.25, 0.3) is 5.19 Å². The van der Waals surface area contributed by atoms with Crippen molar-refractivity contribution in [3.05, 3.63) is 34.1 Å². The smallest absolute Gasteiger partial charge is 0.298 e. The van der Waals surface area contributed by atoms with Gasteiger partial charge in [-0.3, -0.25) is 0 Å². The Bertz CT molecular complexity index is 534.